The van der Waals surface area contributed by atoms with Crippen LogP contribution in [0.4, 0.5) is 0 Å². The monoisotopic (exact) mass is 257 g/mol. The maximum absolute atomic E-state index is 3.64. The number of benzene rings is 1. The van der Waals surface area contributed by atoms with Crippen LogP contribution in [0.5, 0.6) is 0 Å². The van der Waals surface area contributed by atoms with Crippen LogP contribution in [0.3, 0.4) is 0 Å². The van der Waals surface area contributed by atoms with E-state index in [0.29, 0.717) is 6.04 Å². The Kier molecular flexibility index (Phi) is 4.55. The number of hydrogen-bond donors (Lipinski definition) is 1. The Hall–Kier alpha value is -0.820. The van der Waals surface area contributed by atoms with Crippen LogP contribution in [0.25, 0.3) is 0 Å². The molecule has 19 heavy (non-hydrogen) atoms. The molecule has 0 radical (unpaired) electrons. The van der Waals surface area contributed by atoms with E-state index in [9.17, 15) is 0 Å². The predicted molar refractivity (Wildman–Crippen MR) is 81.5 cm³/mol. The number of piperidine rings is 1. The fourth-order valence-corrected chi connectivity index (χ4v) is 3.75. The number of hydrogen-bond acceptors (Lipinski definition) is 1. The lowest BCUT2D eigenvalue weighted by molar-refractivity contribution is 0.412. The van der Waals surface area contributed by atoms with Gasteiger partial charge >= 0.3 is 0 Å². The smallest absolute Gasteiger partial charge is 0.0320 e. The van der Waals surface area contributed by atoms with Gasteiger partial charge in [0.1, 0.15) is 0 Å². The van der Waals surface area contributed by atoms with Crippen molar-refractivity contribution in [3.05, 3.63) is 35.4 Å². The van der Waals surface area contributed by atoms with Gasteiger partial charge < -0.3 is 5.32 Å². The Labute approximate surface area is 117 Å². The molecule has 1 heterocycles. The summed E-state index contributed by atoms with van der Waals surface area (Å²) in [6, 6.07) is 10.2. The molecule has 2 fully saturated rings. The first kappa shape index (κ1) is 13.2. The minimum atomic E-state index is 0.608. The second kappa shape index (κ2) is 6.56. The summed E-state index contributed by atoms with van der Waals surface area (Å²) < 4.78 is 0. The van der Waals surface area contributed by atoms with Crippen molar-refractivity contribution in [3.63, 3.8) is 0 Å². The lowest BCUT2D eigenvalue weighted by atomic mass is 9.89. The van der Waals surface area contributed by atoms with Gasteiger partial charge in [-0.25, -0.2) is 0 Å². The summed E-state index contributed by atoms with van der Waals surface area (Å²) in [6.45, 7) is 1.19. The summed E-state index contributed by atoms with van der Waals surface area (Å²) in [4.78, 5) is 0. The van der Waals surface area contributed by atoms with E-state index in [1.807, 2.05) is 0 Å². The largest absolute Gasteiger partial charge is 0.310 e. The van der Waals surface area contributed by atoms with Crippen molar-refractivity contribution in [2.75, 3.05) is 6.54 Å². The van der Waals surface area contributed by atoms with E-state index in [2.05, 4.69) is 29.6 Å². The Morgan fingerprint density at radius 2 is 1.32 bits per heavy atom. The molecule has 2 aliphatic rings. The second-order valence-corrected chi connectivity index (χ2v) is 6.36. The van der Waals surface area contributed by atoms with Crippen molar-refractivity contribution in [1.29, 1.82) is 0 Å². The van der Waals surface area contributed by atoms with Crippen molar-refractivity contribution in [1.82, 2.24) is 5.32 Å². The Bertz CT molecular complexity index is 367. The summed E-state index contributed by atoms with van der Waals surface area (Å²) in [5.74, 6) is 0.830. The molecule has 0 amide bonds. The zero-order chi connectivity index (χ0) is 12.9. The lowest BCUT2D eigenvalue weighted by Crippen LogP contribution is -2.26. The van der Waals surface area contributed by atoms with E-state index >= 15 is 0 Å². The molecule has 1 aromatic rings. The molecule has 0 bridgehead atoms. The Morgan fingerprint density at radius 1 is 0.684 bits per heavy atom. The lowest BCUT2D eigenvalue weighted by Gasteiger charge is -2.24. The van der Waals surface area contributed by atoms with Gasteiger partial charge in [-0.05, 0) is 49.3 Å². The van der Waals surface area contributed by atoms with Gasteiger partial charge in [0.2, 0.25) is 0 Å². The van der Waals surface area contributed by atoms with Crippen molar-refractivity contribution in [3.8, 4) is 0 Å². The van der Waals surface area contributed by atoms with Crippen LogP contribution in [0.2, 0.25) is 0 Å². The molecule has 1 nitrogen and oxygen atoms in total. The summed E-state index contributed by atoms with van der Waals surface area (Å²) in [7, 11) is 0. The topological polar surface area (TPSA) is 12.0 Å². The third-order valence-corrected chi connectivity index (χ3v) is 4.98. The molecular weight excluding hydrogens is 230 g/mol. The zero-order valence-electron chi connectivity index (χ0n) is 12.0. The maximum Gasteiger partial charge on any atom is 0.0320 e. The normalized spacial score (nSPS) is 26.0. The van der Waals surface area contributed by atoms with Gasteiger partial charge in [0.05, 0.1) is 0 Å². The zero-order valence-corrected chi connectivity index (χ0v) is 12.0. The van der Waals surface area contributed by atoms with Gasteiger partial charge in [0, 0.05) is 6.04 Å². The highest BCUT2D eigenvalue weighted by Crippen LogP contribution is 2.32. The van der Waals surface area contributed by atoms with Gasteiger partial charge in [0.25, 0.3) is 0 Å². The van der Waals surface area contributed by atoms with E-state index in [1.165, 1.54) is 69.9 Å². The molecule has 1 aliphatic heterocycles. The summed E-state index contributed by atoms with van der Waals surface area (Å²) >= 11 is 0. The second-order valence-electron chi connectivity index (χ2n) is 6.36. The molecule has 1 saturated heterocycles. The van der Waals surface area contributed by atoms with E-state index in [1.54, 1.807) is 5.56 Å². The van der Waals surface area contributed by atoms with E-state index in [-0.39, 0.29) is 0 Å². The Morgan fingerprint density at radius 3 is 1.95 bits per heavy atom. The van der Waals surface area contributed by atoms with E-state index in [0.717, 1.165) is 5.92 Å². The van der Waals surface area contributed by atoms with Gasteiger partial charge in [-0.3, -0.25) is 0 Å². The summed E-state index contributed by atoms with van der Waals surface area (Å²) in [5.41, 5.74) is 3.08. The van der Waals surface area contributed by atoms with Crippen molar-refractivity contribution >= 4 is 0 Å². The first-order valence-electron chi connectivity index (χ1n) is 8.27. The molecule has 104 valence electrons. The molecule has 0 spiro atoms. The molecule has 0 aromatic heterocycles. The van der Waals surface area contributed by atoms with Crippen LogP contribution in [0.15, 0.2) is 24.3 Å². The SMILES string of the molecule is c1cc(C2CCCCN2)ccc1C1CCCCCC1. The highest BCUT2D eigenvalue weighted by molar-refractivity contribution is 5.27. The maximum atomic E-state index is 3.64. The summed E-state index contributed by atoms with van der Waals surface area (Å²) in [6.07, 6.45) is 12.6. The van der Waals surface area contributed by atoms with Crippen LogP contribution >= 0.6 is 0 Å². The van der Waals surface area contributed by atoms with Crippen LogP contribution in [0.1, 0.15) is 80.9 Å². The van der Waals surface area contributed by atoms with E-state index in [4.69, 9.17) is 0 Å². The quantitative estimate of drug-likeness (QED) is 0.740. The van der Waals surface area contributed by atoms with Crippen molar-refractivity contribution in [2.24, 2.45) is 0 Å². The number of rotatable bonds is 2. The van der Waals surface area contributed by atoms with E-state index < -0.39 is 0 Å². The first-order valence-corrected chi connectivity index (χ1v) is 8.27. The van der Waals surface area contributed by atoms with Gasteiger partial charge in [-0.15, -0.1) is 0 Å². The van der Waals surface area contributed by atoms with Crippen LogP contribution in [-0.2, 0) is 0 Å². The highest BCUT2D eigenvalue weighted by atomic mass is 14.9. The van der Waals surface area contributed by atoms with Crippen LogP contribution < -0.4 is 5.32 Å². The third kappa shape index (κ3) is 3.39. The molecule has 1 unspecified atom stereocenters. The van der Waals surface area contributed by atoms with Crippen molar-refractivity contribution in [2.45, 2.75) is 69.7 Å². The average molecular weight is 257 g/mol. The fourth-order valence-electron chi connectivity index (χ4n) is 3.75. The van der Waals surface area contributed by atoms with Gasteiger partial charge in [-0.2, -0.15) is 0 Å². The standard InChI is InChI=1S/C18H27N/c1-2-4-8-15(7-3-1)16-10-12-17(13-11-16)18-9-5-6-14-19-18/h10-13,15,18-19H,1-9,14H2. The molecule has 1 atom stereocenters. The van der Waals surface area contributed by atoms with Crippen LogP contribution in [-0.4, -0.2) is 6.54 Å². The highest BCUT2D eigenvalue weighted by Gasteiger charge is 2.17. The predicted octanol–water partition coefficient (Wildman–Crippen LogP) is 4.94. The molecular formula is C18H27N. The molecule has 1 heteroatoms. The molecule has 1 N–H and O–H groups in total. The molecule has 3 rings (SSSR count). The molecule has 1 saturated carbocycles. The molecule has 1 aromatic carbocycles. The minimum absolute atomic E-state index is 0.608. The average Bonchev–Trinajstić information content (AvgIpc) is 2.77. The molecule has 1 aliphatic carbocycles. The van der Waals surface area contributed by atoms with Crippen molar-refractivity contribution < 1.29 is 0 Å². The fraction of sp³-hybridized carbons (Fsp3) is 0.667. The minimum Gasteiger partial charge on any atom is -0.310 e. The third-order valence-electron chi connectivity index (χ3n) is 4.98. The Balaban J connectivity index is 1.67. The summed E-state index contributed by atoms with van der Waals surface area (Å²) in [5, 5.41) is 3.64. The van der Waals surface area contributed by atoms with Crippen LogP contribution in [0, 0.1) is 0 Å². The van der Waals surface area contributed by atoms with Gasteiger partial charge in [-0.1, -0.05) is 56.4 Å². The number of nitrogens with one attached hydrogen (secondary N) is 1. The van der Waals surface area contributed by atoms with Gasteiger partial charge in [0.15, 0.2) is 0 Å². The first-order chi connectivity index (χ1) is 9.43.